The van der Waals surface area contributed by atoms with Crippen molar-refractivity contribution in [3.05, 3.63) is 71.4 Å². The molecule has 1 saturated carbocycles. The van der Waals surface area contributed by atoms with Gasteiger partial charge in [-0.3, -0.25) is 9.59 Å². The fourth-order valence-electron chi connectivity index (χ4n) is 4.71. The van der Waals surface area contributed by atoms with Gasteiger partial charge in [0.25, 0.3) is 5.91 Å². The van der Waals surface area contributed by atoms with Gasteiger partial charge in [-0.25, -0.2) is 0 Å². The zero-order chi connectivity index (χ0) is 23.8. The predicted molar refractivity (Wildman–Crippen MR) is 132 cm³/mol. The van der Waals surface area contributed by atoms with E-state index in [-0.39, 0.29) is 17.7 Å². The summed E-state index contributed by atoms with van der Waals surface area (Å²) in [6.07, 6.45) is 2.02. The lowest BCUT2D eigenvalue weighted by Crippen LogP contribution is -2.51. The first-order valence-electron chi connectivity index (χ1n) is 12.0. The number of amides is 2. The molecule has 176 valence electrons. The summed E-state index contributed by atoms with van der Waals surface area (Å²) in [5.74, 6) is 1.30. The predicted octanol–water partition coefficient (Wildman–Crippen LogP) is 4.46. The normalized spacial score (nSPS) is 16.0. The van der Waals surface area contributed by atoms with Crippen LogP contribution in [0.2, 0.25) is 0 Å². The molecule has 0 atom stereocenters. The summed E-state index contributed by atoms with van der Waals surface area (Å²) in [5, 5.41) is 0. The highest BCUT2D eigenvalue weighted by atomic mass is 16.5. The molecule has 6 heteroatoms. The average Bonchev–Trinajstić information content (AvgIpc) is 3.67. The summed E-state index contributed by atoms with van der Waals surface area (Å²) >= 11 is 0. The Morgan fingerprint density at radius 2 is 1.47 bits per heavy atom. The van der Waals surface area contributed by atoms with E-state index in [4.69, 9.17) is 4.74 Å². The van der Waals surface area contributed by atoms with Gasteiger partial charge in [-0.15, -0.1) is 0 Å². The Labute approximate surface area is 200 Å². The first-order chi connectivity index (χ1) is 16.5. The van der Waals surface area contributed by atoms with Crippen molar-refractivity contribution in [1.82, 2.24) is 14.4 Å². The van der Waals surface area contributed by atoms with E-state index in [2.05, 4.69) is 35.8 Å². The number of piperazine rings is 1. The second-order valence-corrected chi connectivity index (χ2v) is 9.32. The SMILES string of the molecule is COc1ccc(-c2cc(C(=O)N3CCN(C(=O)C4CC4)CC3)c(C)n2-c2ccc(C)cc2)cc1. The van der Waals surface area contributed by atoms with Gasteiger partial charge in [-0.2, -0.15) is 0 Å². The van der Waals surface area contributed by atoms with E-state index >= 15 is 0 Å². The standard InChI is InChI=1S/C28H31N3O3/c1-19-4-10-23(11-5-19)31-20(2)25(18-26(31)21-8-12-24(34-3)13-9-21)28(33)30-16-14-29(15-17-30)27(32)22-6-7-22/h4-5,8-13,18,22H,6-7,14-17H2,1-3H3. The summed E-state index contributed by atoms with van der Waals surface area (Å²) in [4.78, 5) is 29.8. The van der Waals surface area contributed by atoms with E-state index in [1.54, 1.807) is 7.11 Å². The molecule has 0 radical (unpaired) electrons. The minimum Gasteiger partial charge on any atom is -0.497 e. The monoisotopic (exact) mass is 457 g/mol. The van der Waals surface area contributed by atoms with Gasteiger partial charge in [0.1, 0.15) is 5.75 Å². The Morgan fingerprint density at radius 3 is 2.06 bits per heavy atom. The largest absolute Gasteiger partial charge is 0.497 e. The quantitative estimate of drug-likeness (QED) is 0.568. The van der Waals surface area contributed by atoms with Gasteiger partial charge in [-0.1, -0.05) is 17.7 Å². The van der Waals surface area contributed by atoms with Crippen LogP contribution in [0, 0.1) is 19.8 Å². The van der Waals surface area contributed by atoms with Crippen LogP contribution in [0.25, 0.3) is 16.9 Å². The van der Waals surface area contributed by atoms with Crippen LogP contribution in [0.5, 0.6) is 5.75 Å². The first kappa shape index (κ1) is 22.3. The molecular formula is C28H31N3O3. The van der Waals surface area contributed by atoms with Crippen LogP contribution in [-0.2, 0) is 4.79 Å². The van der Waals surface area contributed by atoms with Crippen LogP contribution < -0.4 is 4.74 Å². The number of hydrogen-bond donors (Lipinski definition) is 0. The highest BCUT2D eigenvalue weighted by Gasteiger charge is 2.35. The van der Waals surface area contributed by atoms with E-state index in [1.165, 1.54) is 5.56 Å². The number of aryl methyl sites for hydroxylation is 1. The van der Waals surface area contributed by atoms with Crippen molar-refractivity contribution < 1.29 is 14.3 Å². The molecular weight excluding hydrogens is 426 g/mol. The average molecular weight is 458 g/mol. The highest BCUT2D eigenvalue weighted by molar-refractivity contribution is 5.97. The van der Waals surface area contributed by atoms with Crippen molar-refractivity contribution in [1.29, 1.82) is 0 Å². The maximum Gasteiger partial charge on any atom is 0.255 e. The van der Waals surface area contributed by atoms with E-state index in [1.807, 2.05) is 47.1 Å². The second kappa shape index (κ2) is 9.01. The van der Waals surface area contributed by atoms with Gasteiger partial charge in [-0.05, 0) is 74.7 Å². The molecule has 2 amide bonds. The number of methoxy groups -OCH3 is 1. The molecule has 34 heavy (non-hydrogen) atoms. The molecule has 3 aromatic rings. The minimum atomic E-state index is 0.0247. The lowest BCUT2D eigenvalue weighted by atomic mass is 10.1. The summed E-state index contributed by atoms with van der Waals surface area (Å²) < 4.78 is 7.48. The van der Waals surface area contributed by atoms with Crippen molar-refractivity contribution in [2.45, 2.75) is 26.7 Å². The maximum atomic E-state index is 13.6. The van der Waals surface area contributed by atoms with E-state index in [0.717, 1.165) is 41.2 Å². The van der Waals surface area contributed by atoms with Crippen molar-refractivity contribution >= 4 is 11.8 Å². The molecule has 2 aliphatic rings. The molecule has 6 nitrogen and oxygen atoms in total. The maximum absolute atomic E-state index is 13.6. The van der Waals surface area contributed by atoms with Gasteiger partial charge < -0.3 is 19.1 Å². The van der Waals surface area contributed by atoms with Crippen molar-refractivity contribution in [3.63, 3.8) is 0 Å². The smallest absolute Gasteiger partial charge is 0.255 e. The van der Waals surface area contributed by atoms with Crippen LogP contribution in [0.15, 0.2) is 54.6 Å². The molecule has 2 fully saturated rings. The van der Waals surface area contributed by atoms with Gasteiger partial charge in [0.2, 0.25) is 5.91 Å². The van der Waals surface area contributed by atoms with E-state index in [0.29, 0.717) is 31.7 Å². The van der Waals surface area contributed by atoms with Crippen molar-refractivity contribution in [2.75, 3.05) is 33.3 Å². The van der Waals surface area contributed by atoms with Crippen LogP contribution in [0.4, 0.5) is 0 Å². The minimum absolute atomic E-state index is 0.0247. The first-order valence-corrected chi connectivity index (χ1v) is 12.0. The number of carbonyl (C=O) groups is 2. The van der Waals surface area contributed by atoms with Crippen LogP contribution >= 0.6 is 0 Å². The Hall–Kier alpha value is -3.54. The van der Waals surface area contributed by atoms with Crippen molar-refractivity contribution in [3.8, 4) is 22.7 Å². The molecule has 0 unspecified atom stereocenters. The van der Waals surface area contributed by atoms with Gasteiger partial charge in [0, 0.05) is 43.5 Å². The Balaban J connectivity index is 1.46. The highest BCUT2D eigenvalue weighted by Crippen LogP contribution is 2.33. The summed E-state index contributed by atoms with van der Waals surface area (Å²) in [5.41, 5.74) is 5.81. The number of benzene rings is 2. The van der Waals surface area contributed by atoms with E-state index in [9.17, 15) is 9.59 Å². The molecule has 1 aromatic heterocycles. The molecule has 0 N–H and O–H groups in total. The summed E-state index contributed by atoms with van der Waals surface area (Å²) in [6.45, 7) is 6.45. The number of nitrogens with zero attached hydrogens (tertiary/aromatic N) is 3. The third-order valence-corrected chi connectivity index (χ3v) is 6.96. The molecule has 0 spiro atoms. The van der Waals surface area contributed by atoms with Crippen LogP contribution in [0.1, 0.15) is 34.5 Å². The number of ether oxygens (including phenoxy) is 1. The molecule has 2 heterocycles. The lowest BCUT2D eigenvalue weighted by molar-refractivity contribution is -0.134. The number of carbonyl (C=O) groups excluding carboxylic acids is 2. The number of hydrogen-bond acceptors (Lipinski definition) is 3. The molecule has 2 aromatic carbocycles. The Kier molecular flexibility index (Phi) is 5.90. The topological polar surface area (TPSA) is 54.8 Å². The molecule has 1 aliphatic carbocycles. The van der Waals surface area contributed by atoms with Crippen LogP contribution in [0.3, 0.4) is 0 Å². The summed E-state index contributed by atoms with van der Waals surface area (Å²) in [7, 11) is 1.66. The number of aromatic nitrogens is 1. The van der Waals surface area contributed by atoms with E-state index < -0.39 is 0 Å². The van der Waals surface area contributed by atoms with Crippen LogP contribution in [-0.4, -0.2) is 59.5 Å². The van der Waals surface area contributed by atoms with Crippen molar-refractivity contribution in [2.24, 2.45) is 5.92 Å². The van der Waals surface area contributed by atoms with Gasteiger partial charge in [0.05, 0.1) is 18.4 Å². The fraction of sp³-hybridized carbons (Fsp3) is 0.357. The molecule has 1 aliphatic heterocycles. The lowest BCUT2D eigenvalue weighted by Gasteiger charge is -2.35. The van der Waals surface area contributed by atoms with Gasteiger partial charge in [0.15, 0.2) is 0 Å². The zero-order valence-corrected chi connectivity index (χ0v) is 20.1. The third kappa shape index (κ3) is 4.20. The fourth-order valence-corrected chi connectivity index (χ4v) is 4.71. The summed E-state index contributed by atoms with van der Waals surface area (Å²) in [6, 6.07) is 18.3. The molecule has 5 rings (SSSR count). The Bertz CT molecular complexity index is 1200. The van der Waals surface area contributed by atoms with Gasteiger partial charge >= 0.3 is 0 Å². The molecule has 1 saturated heterocycles. The molecule has 0 bridgehead atoms. The zero-order valence-electron chi connectivity index (χ0n) is 20.1. The second-order valence-electron chi connectivity index (χ2n) is 9.32. The number of rotatable bonds is 5. The third-order valence-electron chi connectivity index (χ3n) is 6.96. The Morgan fingerprint density at radius 1 is 0.853 bits per heavy atom.